The molecule has 29 heavy (non-hydrogen) atoms. The Bertz CT molecular complexity index is 544. The minimum Gasteiger partial charge on any atom is -0.337 e. The van der Waals surface area contributed by atoms with Crippen LogP contribution in [0, 0.1) is 5.41 Å². The van der Waals surface area contributed by atoms with Gasteiger partial charge in [0.25, 0.3) is 0 Å². The summed E-state index contributed by atoms with van der Waals surface area (Å²) in [6.45, 7) is 21.4. The van der Waals surface area contributed by atoms with Gasteiger partial charge in [-0.25, -0.2) is 0 Å². The molecule has 2 N–H and O–H groups in total. The summed E-state index contributed by atoms with van der Waals surface area (Å²) >= 11 is 0. The zero-order valence-electron chi connectivity index (χ0n) is 21.0. The van der Waals surface area contributed by atoms with E-state index in [0.717, 1.165) is 31.6 Å². The molecule has 174 valence electrons. The van der Waals surface area contributed by atoms with Crippen molar-refractivity contribution in [2.45, 2.75) is 104 Å². The highest BCUT2D eigenvalue weighted by molar-refractivity contribution is 7.17. The molecule has 0 aromatic carbocycles. The maximum atomic E-state index is 6.50. The van der Waals surface area contributed by atoms with Crippen molar-refractivity contribution in [1.29, 1.82) is 0 Å². The lowest BCUT2D eigenvalue weighted by Crippen LogP contribution is -2.64. The van der Waals surface area contributed by atoms with E-state index in [1.807, 2.05) is 0 Å². The van der Waals surface area contributed by atoms with Gasteiger partial charge in [0.15, 0.2) is 0 Å². The zero-order valence-corrected chi connectivity index (χ0v) is 24.5. The molecule has 0 bridgehead atoms. The molecule has 5 nitrogen and oxygen atoms in total. The largest absolute Gasteiger partial charge is 0.337 e. The SMILES string of the molecule is CCC(CC)([C@H](C)N)N(C)CC(C)(CC)C(C)(C)N(P)/C(=N\P)C(C)(C)N(C)P. The Morgan fingerprint density at radius 2 is 1.41 bits per heavy atom. The van der Waals surface area contributed by atoms with Crippen LogP contribution in [-0.2, 0) is 0 Å². The molecule has 0 aliphatic heterocycles. The Labute approximate surface area is 189 Å². The maximum Gasteiger partial charge on any atom is 0.126 e. The molecule has 4 unspecified atom stereocenters. The van der Waals surface area contributed by atoms with Crippen molar-refractivity contribution in [1.82, 2.24) is 14.2 Å². The highest BCUT2D eigenvalue weighted by atomic mass is 31.0. The van der Waals surface area contributed by atoms with Crippen LogP contribution in [0.3, 0.4) is 0 Å². The first-order valence-corrected chi connectivity index (χ1v) is 12.4. The van der Waals surface area contributed by atoms with Crippen LogP contribution in [-0.4, -0.2) is 63.4 Å². The first-order valence-electron chi connectivity index (χ1n) is 10.8. The van der Waals surface area contributed by atoms with Gasteiger partial charge >= 0.3 is 0 Å². The third-order valence-electron chi connectivity index (χ3n) is 8.06. The quantitative estimate of drug-likeness (QED) is 0.271. The molecule has 0 fully saturated rings. The zero-order chi connectivity index (χ0) is 23.4. The number of amidine groups is 1. The minimum atomic E-state index is -0.228. The Kier molecular flexibility index (Phi) is 11.2. The van der Waals surface area contributed by atoms with Crippen molar-refractivity contribution in [3.63, 3.8) is 0 Å². The van der Waals surface area contributed by atoms with E-state index in [0.29, 0.717) is 0 Å². The minimum absolute atomic E-state index is 0.00923. The topological polar surface area (TPSA) is 48.1 Å². The van der Waals surface area contributed by atoms with Gasteiger partial charge in [0, 0.05) is 29.1 Å². The van der Waals surface area contributed by atoms with E-state index in [9.17, 15) is 0 Å². The molecule has 0 aliphatic rings. The molecule has 0 saturated heterocycles. The van der Waals surface area contributed by atoms with Crippen LogP contribution in [0.5, 0.6) is 0 Å². The summed E-state index contributed by atoms with van der Waals surface area (Å²) < 4.78 is 9.06. The van der Waals surface area contributed by atoms with Gasteiger partial charge in [-0.05, 0) is 86.8 Å². The van der Waals surface area contributed by atoms with E-state index in [1.54, 1.807) is 0 Å². The second kappa shape index (κ2) is 11.0. The van der Waals surface area contributed by atoms with Crippen molar-refractivity contribution in [3.8, 4) is 0 Å². The van der Waals surface area contributed by atoms with E-state index in [2.05, 4.69) is 124 Å². The fraction of sp³-hybridized carbons (Fsp3) is 0.952. The second-order valence-corrected chi connectivity index (χ2v) is 11.5. The smallest absolute Gasteiger partial charge is 0.126 e. The van der Waals surface area contributed by atoms with Gasteiger partial charge in [0.2, 0.25) is 0 Å². The van der Waals surface area contributed by atoms with Crippen LogP contribution in [0.2, 0.25) is 0 Å². The number of hydrogen-bond acceptors (Lipinski definition) is 4. The van der Waals surface area contributed by atoms with Gasteiger partial charge in [0.1, 0.15) is 5.84 Å². The molecule has 0 rings (SSSR count). The highest BCUT2D eigenvalue weighted by Crippen LogP contribution is 2.44. The van der Waals surface area contributed by atoms with Crippen LogP contribution in [0.15, 0.2) is 4.76 Å². The van der Waals surface area contributed by atoms with E-state index < -0.39 is 0 Å². The van der Waals surface area contributed by atoms with Crippen LogP contribution in [0.4, 0.5) is 0 Å². The average molecular weight is 466 g/mol. The van der Waals surface area contributed by atoms with Crippen molar-refractivity contribution >= 4 is 34.0 Å². The molecule has 0 radical (unpaired) electrons. The van der Waals surface area contributed by atoms with Crippen LogP contribution >= 0.6 is 28.2 Å². The van der Waals surface area contributed by atoms with Crippen molar-refractivity contribution in [3.05, 3.63) is 0 Å². The van der Waals surface area contributed by atoms with E-state index in [4.69, 9.17) is 5.73 Å². The lowest BCUT2D eigenvalue weighted by atomic mass is 9.69. The van der Waals surface area contributed by atoms with Crippen molar-refractivity contribution in [2.24, 2.45) is 15.9 Å². The number of nitrogens with two attached hydrogens (primary N) is 1. The Morgan fingerprint density at radius 1 is 0.966 bits per heavy atom. The lowest BCUT2D eigenvalue weighted by molar-refractivity contribution is -0.00407. The Hall–Kier alpha value is 0.640. The number of rotatable bonds is 11. The highest BCUT2D eigenvalue weighted by Gasteiger charge is 2.49. The van der Waals surface area contributed by atoms with Crippen LogP contribution in [0.25, 0.3) is 0 Å². The average Bonchev–Trinajstić information content (AvgIpc) is 2.62. The molecular weight excluding hydrogens is 415 g/mol. The van der Waals surface area contributed by atoms with Gasteiger partial charge in [-0.2, -0.15) is 0 Å². The predicted octanol–water partition coefficient (Wildman–Crippen LogP) is 4.80. The molecule has 0 heterocycles. The molecular formula is C21H50N5P3. The third kappa shape index (κ3) is 5.71. The van der Waals surface area contributed by atoms with Gasteiger partial charge in [-0.1, -0.05) is 37.1 Å². The number of likely N-dealkylation sites (N-methyl/N-ethyl adjacent to an activating group) is 2. The second-order valence-electron chi connectivity index (χ2n) is 9.92. The summed E-state index contributed by atoms with van der Waals surface area (Å²) in [5, 5.41) is 0. The summed E-state index contributed by atoms with van der Waals surface area (Å²) in [5.74, 6) is 1.02. The van der Waals surface area contributed by atoms with Crippen LogP contribution < -0.4 is 5.73 Å². The van der Waals surface area contributed by atoms with Gasteiger partial charge in [0.05, 0.1) is 5.54 Å². The summed E-state index contributed by atoms with van der Waals surface area (Å²) in [5.41, 5.74) is 6.14. The first kappa shape index (κ1) is 29.6. The lowest BCUT2D eigenvalue weighted by Gasteiger charge is -2.56. The standard InChI is InChI=1S/C21H50N5P3/c1-12-20(9,15-24(10)21(13-2,14-3)16(4)22)19(7,8)26(29)17(23-27)18(5,6)25(11)28/h16H,12-15,22,27-29H2,1-11H3/b23-17-/t16-,20?/m0/s1. The van der Waals surface area contributed by atoms with Crippen LogP contribution in [0.1, 0.15) is 81.6 Å². The van der Waals surface area contributed by atoms with Gasteiger partial charge < -0.3 is 10.4 Å². The number of hydrogen-bond donors (Lipinski definition) is 1. The molecule has 0 spiro atoms. The Balaban J connectivity index is 6.14. The number of nitrogens with zero attached hydrogens (tertiary/aromatic N) is 4. The summed E-state index contributed by atoms with van der Waals surface area (Å²) in [4.78, 5) is 2.52. The third-order valence-corrected chi connectivity index (χ3v) is 9.84. The summed E-state index contributed by atoms with van der Waals surface area (Å²) in [6, 6.07) is 0.118. The van der Waals surface area contributed by atoms with E-state index in [1.165, 1.54) is 0 Å². The van der Waals surface area contributed by atoms with E-state index in [-0.39, 0.29) is 28.1 Å². The molecule has 8 heteroatoms. The Morgan fingerprint density at radius 3 is 1.69 bits per heavy atom. The maximum absolute atomic E-state index is 6.50. The van der Waals surface area contributed by atoms with Crippen molar-refractivity contribution < 1.29 is 0 Å². The molecule has 0 amide bonds. The normalized spacial score (nSPS) is 17.6. The summed E-state index contributed by atoms with van der Waals surface area (Å²) in [7, 11) is 12.6. The first-order chi connectivity index (χ1) is 13.0. The van der Waals surface area contributed by atoms with Crippen molar-refractivity contribution in [2.75, 3.05) is 20.6 Å². The van der Waals surface area contributed by atoms with Gasteiger partial charge in [-0.3, -0.25) is 14.3 Å². The molecule has 0 aromatic heterocycles. The monoisotopic (exact) mass is 465 g/mol. The molecule has 0 aromatic rings. The predicted molar refractivity (Wildman–Crippen MR) is 142 cm³/mol. The van der Waals surface area contributed by atoms with E-state index >= 15 is 0 Å². The molecule has 5 atom stereocenters. The molecule has 0 aliphatic carbocycles. The van der Waals surface area contributed by atoms with Gasteiger partial charge in [-0.15, -0.1) is 0 Å². The fourth-order valence-corrected chi connectivity index (χ4v) is 5.81. The summed E-state index contributed by atoms with van der Waals surface area (Å²) in [6.07, 6.45) is 3.15. The fourth-order valence-electron chi connectivity index (χ4n) is 4.43. The molecule has 0 saturated carbocycles.